The van der Waals surface area contributed by atoms with Gasteiger partial charge in [0.2, 0.25) is 0 Å². The van der Waals surface area contributed by atoms with Crippen molar-refractivity contribution in [3.8, 4) is 56.4 Å². The van der Waals surface area contributed by atoms with Gasteiger partial charge in [-0.15, -0.1) is 0 Å². The van der Waals surface area contributed by atoms with Gasteiger partial charge in [-0.2, -0.15) is 0 Å². The molecule has 0 fully saturated rings. The van der Waals surface area contributed by atoms with Gasteiger partial charge in [-0.1, -0.05) is 176 Å². The highest BCUT2D eigenvalue weighted by Crippen LogP contribution is 2.65. The van der Waals surface area contributed by atoms with Gasteiger partial charge in [-0.3, -0.25) is 0 Å². The predicted octanol–water partition coefficient (Wildman–Crippen LogP) is 17.7. The lowest BCUT2D eigenvalue weighted by molar-refractivity contribution is 0.436. The van der Waals surface area contributed by atoms with Gasteiger partial charge in [0.05, 0.1) is 21.9 Å². The van der Waals surface area contributed by atoms with Crippen molar-refractivity contribution >= 4 is 39.0 Å². The van der Waals surface area contributed by atoms with Crippen molar-refractivity contribution in [1.29, 1.82) is 0 Å². The summed E-state index contributed by atoms with van der Waals surface area (Å²) in [6.45, 7) is 0. The van der Waals surface area contributed by atoms with Crippen LogP contribution in [0.2, 0.25) is 0 Å². The SMILES string of the molecule is c1ccc(-c2ccc3oc4cccc(N(c5ccc6c(c5)C5(c7ccccc7O6)c6ccccc6-c6ccccc65)c5ccc6c(c5)C5(c7ccccc7O6)c6ccccc6-c6ccccc65)c4c3c2)cc1. The van der Waals surface area contributed by atoms with Crippen LogP contribution in [0.25, 0.3) is 55.3 Å². The fraction of sp³-hybridized carbons (Fsp3) is 0.0294. The number of fused-ring (bicyclic) bond motifs is 21. The van der Waals surface area contributed by atoms with E-state index in [-0.39, 0.29) is 0 Å². The first kappa shape index (κ1) is 39.5. The smallest absolute Gasteiger partial charge is 0.137 e. The topological polar surface area (TPSA) is 34.8 Å². The Hall–Kier alpha value is -9.38. The van der Waals surface area contributed by atoms with Gasteiger partial charge in [0, 0.05) is 39.0 Å². The fourth-order valence-corrected chi connectivity index (χ4v) is 13.2. The lowest BCUT2D eigenvalue weighted by Crippen LogP contribution is -2.32. The minimum absolute atomic E-state index is 0.660. The number of para-hydroxylation sites is 2. The molecule has 0 atom stereocenters. The monoisotopic (exact) mass is 919 g/mol. The molecule has 3 heterocycles. The number of benzene rings is 11. The zero-order chi connectivity index (χ0) is 47.1. The van der Waals surface area contributed by atoms with Crippen molar-refractivity contribution in [3.05, 3.63) is 293 Å². The van der Waals surface area contributed by atoms with E-state index in [1.165, 1.54) is 44.5 Å². The first-order valence-corrected chi connectivity index (χ1v) is 24.7. The van der Waals surface area contributed by atoms with Crippen LogP contribution >= 0.6 is 0 Å². The third kappa shape index (κ3) is 5.10. The van der Waals surface area contributed by atoms with Crippen molar-refractivity contribution in [2.24, 2.45) is 0 Å². The van der Waals surface area contributed by atoms with Crippen molar-refractivity contribution in [2.45, 2.75) is 10.8 Å². The van der Waals surface area contributed by atoms with Gasteiger partial charge in [-0.05, 0) is 128 Å². The van der Waals surface area contributed by atoms with Crippen LogP contribution in [-0.2, 0) is 10.8 Å². The highest BCUT2D eigenvalue weighted by atomic mass is 16.5. The zero-order valence-electron chi connectivity index (χ0n) is 38.8. The maximum Gasteiger partial charge on any atom is 0.137 e. The van der Waals surface area contributed by atoms with E-state index in [9.17, 15) is 0 Å². The highest BCUT2D eigenvalue weighted by molar-refractivity contribution is 6.14. The molecule has 2 aliphatic heterocycles. The minimum Gasteiger partial charge on any atom is -0.457 e. The maximum atomic E-state index is 7.00. The summed E-state index contributed by atoms with van der Waals surface area (Å²) in [4.78, 5) is 2.44. The molecule has 0 bridgehead atoms. The number of ether oxygens (including phenoxy) is 2. The molecule has 0 amide bonds. The van der Waals surface area contributed by atoms with E-state index >= 15 is 0 Å². The molecule has 336 valence electrons. The number of rotatable bonds is 4. The Balaban J connectivity index is 1.00. The van der Waals surface area contributed by atoms with E-state index in [2.05, 4.69) is 254 Å². The van der Waals surface area contributed by atoms with E-state index in [1.807, 2.05) is 0 Å². The number of hydrogen-bond donors (Lipinski definition) is 0. The molecule has 0 saturated carbocycles. The van der Waals surface area contributed by atoms with Gasteiger partial charge in [0.1, 0.15) is 34.2 Å². The molecular formula is C68H41NO3. The van der Waals surface area contributed by atoms with E-state index < -0.39 is 10.8 Å². The summed E-state index contributed by atoms with van der Waals surface area (Å²) < 4.78 is 20.8. The number of anilines is 3. The molecule has 1 aromatic heterocycles. The largest absolute Gasteiger partial charge is 0.457 e. The minimum atomic E-state index is -0.660. The van der Waals surface area contributed by atoms with Crippen molar-refractivity contribution in [3.63, 3.8) is 0 Å². The van der Waals surface area contributed by atoms with Crippen LogP contribution in [0.3, 0.4) is 0 Å². The van der Waals surface area contributed by atoms with Crippen LogP contribution in [0, 0.1) is 0 Å². The third-order valence-electron chi connectivity index (χ3n) is 16.0. The van der Waals surface area contributed by atoms with Crippen LogP contribution in [0.5, 0.6) is 23.0 Å². The summed E-state index contributed by atoms with van der Waals surface area (Å²) >= 11 is 0. The molecule has 72 heavy (non-hydrogen) atoms. The molecule has 0 unspecified atom stereocenters. The van der Waals surface area contributed by atoms with Crippen LogP contribution in [0.1, 0.15) is 44.5 Å². The van der Waals surface area contributed by atoms with Crippen LogP contribution in [0.15, 0.2) is 253 Å². The average molecular weight is 920 g/mol. The van der Waals surface area contributed by atoms with Crippen molar-refractivity contribution in [2.75, 3.05) is 4.90 Å². The van der Waals surface area contributed by atoms with E-state index in [0.29, 0.717) is 0 Å². The van der Waals surface area contributed by atoms with Gasteiger partial charge in [-0.25, -0.2) is 0 Å². The van der Waals surface area contributed by atoms with Gasteiger partial charge < -0.3 is 18.8 Å². The summed E-state index contributed by atoms with van der Waals surface area (Å²) in [5.74, 6) is 3.39. The van der Waals surface area contributed by atoms with Crippen LogP contribution in [-0.4, -0.2) is 0 Å². The molecule has 16 rings (SSSR count). The maximum absolute atomic E-state index is 7.00. The molecule has 0 saturated heterocycles. The quantitative estimate of drug-likeness (QED) is 0.176. The summed E-state index contributed by atoms with van der Waals surface area (Å²) in [7, 11) is 0. The zero-order valence-corrected chi connectivity index (χ0v) is 38.8. The second-order valence-corrected chi connectivity index (χ2v) is 19.4. The van der Waals surface area contributed by atoms with Gasteiger partial charge in [0.15, 0.2) is 0 Å². The van der Waals surface area contributed by atoms with Crippen LogP contribution < -0.4 is 14.4 Å². The predicted molar refractivity (Wildman–Crippen MR) is 289 cm³/mol. The number of furan rings is 1. The molecule has 11 aromatic carbocycles. The molecular weight excluding hydrogens is 879 g/mol. The normalized spacial score (nSPS) is 14.3. The van der Waals surface area contributed by atoms with E-state index in [1.54, 1.807) is 0 Å². The average Bonchev–Trinajstić information content (AvgIpc) is 4.07. The van der Waals surface area contributed by atoms with E-state index in [0.717, 1.165) is 95.4 Å². The standard InChI is InChI=1S/C68H41NO3/c1-2-17-42(18-3-1)43-33-36-60-50(39-43)66-59(29-16-32-65(66)70-60)69(44-34-37-63-57(40-44)67(55-27-12-14-30-61(55)71-63)51-23-8-4-19-46(51)47-20-5-9-24-52(47)67)45-35-38-64-58(41-45)68(56-28-13-15-31-62(56)72-64)53-25-10-6-21-48(53)49-22-7-11-26-54(49)68/h1-41H. The Morgan fingerprint density at radius 2 is 0.736 bits per heavy atom. The van der Waals surface area contributed by atoms with Gasteiger partial charge in [0.25, 0.3) is 0 Å². The first-order chi connectivity index (χ1) is 35.7. The van der Waals surface area contributed by atoms with E-state index in [4.69, 9.17) is 13.9 Å². The first-order valence-electron chi connectivity index (χ1n) is 24.7. The molecule has 4 aliphatic rings. The molecule has 4 heteroatoms. The van der Waals surface area contributed by atoms with Crippen molar-refractivity contribution < 1.29 is 13.9 Å². The van der Waals surface area contributed by atoms with Crippen molar-refractivity contribution in [1.82, 2.24) is 0 Å². The Bertz CT molecular complexity index is 3970. The fourth-order valence-electron chi connectivity index (χ4n) is 13.2. The summed E-state index contributed by atoms with van der Waals surface area (Å²) in [5, 5.41) is 2.07. The second-order valence-electron chi connectivity index (χ2n) is 19.4. The molecule has 4 nitrogen and oxygen atoms in total. The van der Waals surface area contributed by atoms with Crippen LogP contribution in [0.4, 0.5) is 17.1 Å². The lowest BCUT2D eigenvalue weighted by Gasteiger charge is -2.41. The molecule has 2 aliphatic carbocycles. The van der Waals surface area contributed by atoms with Gasteiger partial charge >= 0.3 is 0 Å². The Morgan fingerprint density at radius 1 is 0.292 bits per heavy atom. The highest BCUT2D eigenvalue weighted by Gasteiger charge is 2.53. The Labute approximate surface area is 416 Å². The number of hydrogen-bond acceptors (Lipinski definition) is 4. The molecule has 12 aromatic rings. The Kier molecular flexibility index (Phi) is 7.99. The summed E-state index contributed by atoms with van der Waals surface area (Å²) in [6.07, 6.45) is 0. The third-order valence-corrected chi connectivity index (χ3v) is 16.0. The summed E-state index contributed by atoms with van der Waals surface area (Å²) in [5.41, 5.74) is 19.9. The number of nitrogens with zero attached hydrogens (tertiary/aromatic N) is 1. The second kappa shape index (κ2) is 14.6. The Morgan fingerprint density at radius 3 is 1.25 bits per heavy atom. The molecule has 0 N–H and O–H groups in total. The molecule has 2 spiro atoms. The molecule has 0 radical (unpaired) electrons. The lowest BCUT2D eigenvalue weighted by atomic mass is 9.66. The summed E-state index contributed by atoms with van der Waals surface area (Å²) in [6, 6.07) is 90.1.